The van der Waals surface area contributed by atoms with Gasteiger partial charge in [-0.15, -0.1) is 0 Å². The highest BCUT2D eigenvalue weighted by Crippen LogP contribution is 1.84. The number of nitrogens with zero attached hydrogens (tertiary/aromatic N) is 1. The topological polar surface area (TPSA) is 90.3 Å². The maximum absolute atomic E-state index is 8.23. The Balaban J connectivity index is 3.35. The molecule has 0 rings (SSSR count). The first-order valence-electron chi connectivity index (χ1n) is 2.17. The van der Waals surface area contributed by atoms with Crippen LogP contribution in [0.25, 0.3) is 0 Å². The fourth-order valence-electron chi connectivity index (χ4n) is 0.211. The van der Waals surface area contributed by atoms with Crippen molar-refractivity contribution in [2.24, 2.45) is 5.73 Å². The molecule has 0 saturated carbocycles. The van der Waals surface area contributed by atoms with Crippen LogP contribution in [-0.4, -0.2) is 23.1 Å². The number of rotatable bonds is 2. The number of nitriles is 1. The second kappa shape index (κ2) is 3.44. The average Bonchev–Trinajstić information content (AvgIpc) is 1.67. The van der Waals surface area contributed by atoms with Gasteiger partial charge in [-0.3, -0.25) is 0 Å². The lowest BCUT2D eigenvalue weighted by atomic mass is 9.79. The second-order valence-corrected chi connectivity index (χ2v) is 1.44. The smallest absolute Gasteiger partial charge is 0.426 e. The van der Waals surface area contributed by atoms with E-state index in [1.165, 1.54) is 0 Å². The zero-order chi connectivity index (χ0) is 6.57. The van der Waals surface area contributed by atoms with E-state index in [1.54, 1.807) is 6.07 Å². The normalized spacial score (nSPS) is 12.2. The van der Waals surface area contributed by atoms with Crippen LogP contribution in [0.1, 0.15) is 6.42 Å². The Morgan fingerprint density at radius 1 is 1.75 bits per heavy atom. The van der Waals surface area contributed by atoms with Crippen molar-refractivity contribution in [3.8, 4) is 6.07 Å². The fraction of sp³-hybridized carbons (Fsp3) is 0.667. The van der Waals surface area contributed by atoms with Gasteiger partial charge in [0.15, 0.2) is 0 Å². The van der Waals surface area contributed by atoms with E-state index in [0.29, 0.717) is 0 Å². The lowest BCUT2D eigenvalue weighted by molar-refractivity contribution is 0.387. The Bertz CT molecular complexity index is 99.9. The van der Waals surface area contributed by atoms with E-state index in [9.17, 15) is 0 Å². The van der Waals surface area contributed by atoms with Crippen LogP contribution in [0, 0.1) is 11.3 Å². The van der Waals surface area contributed by atoms with Gasteiger partial charge in [-0.05, 0) is 0 Å². The lowest BCUT2D eigenvalue weighted by Crippen LogP contribution is -2.38. The Labute approximate surface area is 47.7 Å². The zero-order valence-electron chi connectivity index (χ0n) is 4.28. The second-order valence-electron chi connectivity index (χ2n) is 1.44. The van der Waals surface area contributed by atoms with Crippen molar-refractivity contribution in [3.63, 3.8) is 0 Å². The molecule has 0 bridgehead atoms. The molecule has 0 spiro atoms. The van der Waals surface area contributed by atoms with Crippen LogP contribution in [0.3, 0.4) is 0 Å². The summed E-state index contributed by atoms with van der Waals surface area (Å²) in [6, 6.07) is 1.70. The molecule has 5 heteroatoms. The maximum atomic E-state index is 8.23. The summed E-state index contributed by atoms with van der Waals surface area (Å²) in [5, 5.41) is 24.4. The largest absolute Gasteiger partial charge is 0.470 e. The molecular weight excluding hydrogens is 107 g/mol. The van der Waals surface area contributed by atoms with E-state index < -0.39 is 13.1 Å². The van der Waals surface area contributed by atoms with Crippen molar-refractivity contribution in [1.29, 1.82) is 5.26 Å². The van der Waals surface area contributed by atoms with Gasteiger partial charge in [0.05, 0.1) is 12.0 Å². The van der Waals surface area contributed by atoms with Crippen molar-refractivity contribution >= 4 is 7.12 Å². The highest BCUT2D eigenvalue weighted by Gasteiger charge is 2.17. The average molecular weight is 114 g/mol. The Morgan fingerprint density at radius 2 is 2.25 bits per heavy atom. The van der Waals surface area contributed by atoms with Gasteiger partial charge in [0, 0.05) is 6.42 Å². The minimum absolute atomic E-state index is 0.0301. The molecule has 44 valence electrons. The Hall–Kier alpha value is -0.565. The molecule has 0 radical (unpaired) electrons. The first kappa shape index (κ1) is 7.43. The van der Waals surface area contributed by atoms with Gasteiger partial charge in [-0.2, -0.15) is 5.26 Å². The van der Waals surface area contributed by atoms with Crippen LogP contribution in [0.4, 0.5) is 0 Å². The molecule has 0 aliphatic rings. The summed E-state index contributed by atoms with van der Waals surface area (Å²) in [5.74, 6) is -0.833. The summed E-state index contributed by atoms with van der Waals surface area (Å²) in [4.78, 5) is 0. The highest BCUT2D eigenvalue weighted by molar-refractivity contribution is 6.43. The molecule has 4 nitrogen and oxygen atoms in total. The molecule has 0 aromatic rings. The van der Waals surface area contributed by atoms with Gasteiger partial charge < -0.3 is 15.8 Å². The minimum atomic E-state index is -1.57. The summed E-state index contributed by atoms with van der Waals surface area (Å²) >= 11 is 0. The van der Waals surface area contributed by atoms with Crippen LogP contribution in [0.5, 0.6) is 0 Å². The quantitative estimate of drug-likeness (QED) is 0.371. The first-order valence-corrected chi connectivity index (χ1v) is 2.17. The van der Waals surface area contributed by atoms with Gasteiger partial charge in [-0.25, -0.2) is 0 Å². The third kappa shape index (κ3) is 2.58. The predicted molar refractivity (Wildman–Crippen MR) is 28.4 cm³/mol. The molecule has 0 fully saturated rings. The van der Waals surface area contributed by atoms with E-state index in [1.807, 2.05) is 0 Å². The molecule has 8 heavy (non-hydrogen) atoms. The summed E-state index contributed by atoms with van der Waals surface area (Å²) in [7, 11) is -1.57. The van der Waals surface area contributed by atoms with Gasteiger partial charge >= 0.3 is 7.12 Å². The van der Waals surface area contributed by atoms with Crippen molar-refractivity contribution < 1.29 is 10.0 Å². The summed E-state index contributed by atoms with van der Waals surface area (Å²) in [6.07, 6.45) is -0.0301. The van der Waals surface area contributed by atoms with Gasteiger partial charge in [-0.1, -0.05) is 0 Å². The van der Waals surface area contributed by atoms with Crippen LogP contribution in [0.15, 0.2) is 0 Å². The molecule has 0 aliphatic carbocycles. The number of hydrogen-bond acceptors (Lipinski definition) is 4. The van der Waals surface area contributed by atoms with Gasteiger partial charge in [0.25, 0.3) is 0 Å². The van der Waals surface area contributed by atoms with Crippen LogP contribution < -0.4 is 5.73 Å². The SMILES string of the molecule is N#CCC(N)B(O)O. The van der Waals surface area contributed by atoms with E-state index in [0.717, 1.165) is 0 Å². The molecular formula is C3H7BN2O2. The highest BCUT2D eigenvalue weighted by atomic mass is 16.4. The number of hydrogen-bond donors (Lipinski definition) is 3. The molecule has 0 heterocycles. The van der Waals surface area contributed by atoms with Crippen molar-refractivity contribution in [1.82, 2.24) is 0 Å². The van der Waals surface area contributed by atoms with Crippen LogP contribution in [0.2, 0.25) is 0 Å². The predicted octanol–water partition coefficient (Wildman–Crippen LogP) is -1.76. The number of nitrogens with two attached hydrogens (primary N) is 1. The first-order chi connectivity index (χ1) is 3.68. The third-order valence-electron chi connectivity index (χ3n) is 0.710. The Morgan fingerprint density at radius 3 is 2.38 bits per heavy atom. The molecule has 4 N–H and O–H groups in total. The molecule has 0 aromatic heterocycles. The van der Waals surface area contributed by atoms with Crippen molar-refractivity contribution in [2.75, 3.05) is 0 Å². The lowest BCUT2D eigenvalue weighted by Gasteiger charge is -2.01. The standard InChI is InChI=1S/C3H7BN2O2/c5-2-1-3(6)4(7)8/h3,7-8H,1,6H2. The van der Waals surface area contributed by atoms with Crippen molar-refractivity contribution in [2.45, 2.75) is 12.4 Å². The Kier molecular flexibility index (Phi) is 3.20. The van der Waals surface area contributed by atoms with E-state index >= 15 is 0 Å². The molecule has 1 unspecified atom stereocenters. The minimum Gasteiger partial charge on any atom is -0.426 e. The summed E-state index contributed by atoms with van der Waals surface area (Å²) in [5.41, 5.74) is 5.00. The zero-order valence-corrected chi connectivity index (χ0v) is 4.28. The monoisotopic (exact) mass is 114 g/mol. The van der Waals surface area contributed by atoms with Gasteiger partial charge in [0.2, 0.25) is 0 Å². The van der Waals surface area contributed by atoms with Crippen LogP contribution >= 0.6 is 0 Å². The van der Waals surface area contributed by atoms with E-state index in [-0.39, 0.29) is 6.42 Å². The molecule has 0 saturated heterocycles. The molecule has 0 aliphatic heterocycles. The van der Waals surface area contributed by atoms with Crippen molar-refractivity contribution in [3.05, 3.63) is 0 Å². The summed E-state index contributed by atoms with van der Waals surface area (Å²) < 4.78 is 0. The summed E-state index contributed by atoms with van der Waals surface area (Å²) in [6.45, 7) is 0. The van der Waals surface area contributed by atoms with E-state index in [4.69, 9.17) is 21.0 Å². The van der Waals surface area contributed by atoms with Gasteiger partial charge in [0.1, 0.15) is 0 Å². The third-order valence-corrected chi connectivity index (χ3v) is 0.710. The molecule has 0 amide bonds. The van der Waals surface area contributed by atoms with Crippen LogP contribution in [-0.2, 0) is 0 Å². The van der Waals surface area contributed by atoms with E-state index in [2.05, 4.69) is 0 Å². The molecule has 1 atom stereocenters. The fourth-order valence-corrected chi connectivity index (χ4v) is 0.211. The maximum Gasteiger partial charge on any atom is 0.470 e. The molecule has 0 aromatic carbocycles.